The van der Waals surface area contributed by atoms with Gasteiger partial charge in [-0.25, -0.2) is 0 Å². The van der Waals surface area contributed by atoms with Gasteiger partial charge in [0.25, 0.3) is 0 Å². The first-order chi connectivity index (χ1) is 7.91. The molecule has 0 unspecified atom stereocenters. The second-order valence-electron chi connectivity index (χ2n) is 6.30. The summed E-state index contributed by atoms with van der Waals surface area (Å²) < 4.78 is 1.99. The lowest BCUT2D eigenvalue weighted by Crippen LogP contribution is -2.24. The number of hydrogen-bond acceptors (Lipinski definition) is 1. The van der Waals surface area contributed by atoms with Gasteiger partial charge in [-0.05, 0) is 45.6 Å². The van der Waals surface area contributed by atoms with Gasteiger partial charge in [0.2, 0.25) is 0 Å². The first-order valence-corrected chi connectivity index (χ1v) is 6.49. The Balaban J connectivity index is 0.00000162. The molecule has 0 aliphatic heterocycles. The highest BCUT2D eigenvalue weighted by Gasteiger charge is 2.27. The zero-order valence-corrected chi connectivity index (χ0v) is 11.3. The van der Waals surface area contributed by atoms with Crippen LogP contribution in [0.2, 0.25) is 0 Å². The van der Waals surface area contributed by atoms with E-state index in [-0.39, 0.29) is 6.97 Å². The van der Waals surface area contributed by atoms with Crippen LogP contribution in [-0.4, -0.2) is 9.78 Å². The highest BCUT2D eigenvalue weighted by Crippen LogP contribution is 2.37. The molecule has 2 nitrogen and oxygen atoms in total. The highest BCUT2D eigenvalue weighted by molar-refractivity contribution is 5.29. The zero-order chi connectivity index (χ0) is 12.6. The molecule has 1 aromatic rings. The molecular formula is C15H24N2. The van der Waals surface area contributed by atoms with E-state index in [4.69, 9.17) is 11.5 Å². The van der Waals surface area contributed by atoms with Gasteiger partial charge >= 0.3 is 0 Å². The van der Waals surface area contributed by atoms with E-state index in [0.29, 0.717) is 5.92 Å². The average Bonchev–Trinajstić information content (AvgIpc) is 2.81. The maximum absolute atomic E-state index is 5.58. The summed E-state index contributed by atoms with van der Waals surface area (Å²) in [4.78, 5) is 0. The quantitative estimate of drug-likeness (QED) is 0.674. The monoisotopic (exact) mass is 232 g/mol. The van der Waals surface area contributed by atoms with Crippen LogP contribution >= 0.6 is 0 Å². The Morgan fingerprint density at radius 3 is 2.59 bits per heavy atom. The van der Waals surface area contributed by atoms with Crippen molar-refractivity contribution in [1.29, 1.82) is 0 Å². The molecule has 2 atom stereocenters. The molecular weight excluding hydrogens is 208 g/mol. The van der Waals surface area contributed by atoms with Crippen LogP contribution in [0, 0.1) is 18.3 Å². The molecule has 1 heterocycles. The van der Waals surface area contributed by atoms with Crippen LogP contribution in [0.5, 0.6) is 0 Å². The summed E-state index contributed by atoms with van der Waals surface area (Å²) in [5.74, 6) is 4.20. The van der Waals surface area contributed by atoms with Gasteiger partial charge in [0.05, 0.1) is 11.2 Å². The third-order valence-corrected chi connectivity index (χ3v) is 3.62. The Hall–Kier alpha value is -1.23. The number of rotatable bonds is 1. The Bertz CT molecular complexity index is 448. The van der Waals surface area contributed by atoms with Crippen LogP contribution in [0.4, 0.5) is 0 Å². The molecule has 17 heavy (non-hydrogen) atoms. The number of terminal acetylenes is 1. The molecule has 0 spiro atoms. The van der Waals surface area contributed by atoms with Gasteiger partial charge in [-0.1, -0.05) is 19.3 Å². The third-order valence-electron chi connectivity index (χ3n) is 3.62. The molecule has 94 valence electrons. The predicted molar refractivity (Wildman–Crippen MR) is 73.0 cm³/mol. The second-order valence-corrected chi connectivity index (χ2v) is 6.30. The molecule has 1 aliphatic rings. The summed E-state index contributed by atoms with van der Waals surface area (Å²) >= 11 is 0. The van der Waals surface area contributed by atoms with Gasteiger partial charge in [0, 0.05) is 7.34 Å². The first-order valence-electron chi connectivity index (χ1n) is 6.49. The molecule has 0 aromatic carbocycles. The average molecular weight is 232 g/mol. The number of nitrogens with zero attached hydrogens (tertiary/aromatic N) is 2. The van der Waals surface area contributed by atoms with E-state index < -0.39 is 0 Å². The van der Waals surface area contributed by atoms with Gasteiger partial charge in [0.15, 0.2) is 0 Å². The molecule has 1 saturated carbocycles. The van der Waals surface area contributed by atoms with Crippen molar-refractivity contribution in [1.82, 2.24) is 9.78 Å². The van der Waals surface area contributed by atoms with Crippen molar-refractivity contribution in [2.24, 2.45) is 5.92 Å². The molecule has 0 radical (unpaired) electrons. The van der Waals surface area contributed by atoms with Gasteiger partial charge in [-0.15, -0.1) is 6.42 Å². The minimum Gasteiger partial charge on any atom is -0.251 e. The van der Waals surface area contributed by atoms with Crippen LogP contribution in [0.1, 0.15) is 65.7 Å². The summed E-state index contributed by atoms with van der Waals surface area (Å²) in [5.41, 5.74) is 2.06. The van der Waals surface area contributed by atoms with Crippen LogP contribution in [0.3, 0.4) is 0 Å². The fourth-order valence-electron chi connectivity index (χ4n) is 2.69. The Morgan fingerprint density at radius 1 is 1.47 bits per heavy atom. The fourth-order valence-corrected chi connectivity index (χ4v) is 2.69. The summed E-state index contributed by atoms with van der Waals surface area (Å²) in [7, 11) is 0. The lowest BCUT2D eigenvalue weighted by molar-refractivity contribution is 0.348. The summed E-state index contributed by atoms with van der Waals surface area (Å²) in [5, 5.41) is 4.74. The van der Waals surface area contributed by atoms with Crippen LogP contribution in [0.25, 0.3) is 0 Å². The highest BCUT2D eigenvalue weighted by atomic mass is 15.3. The van der Waals surface area contributed by atoms with Crippen molar-refractivity contribution in [3.05, 3.63) is 17.5 Å². The Kier molecular flexibility index (Phi) is 3.03. The Morgan fingerprint density at radius 2 is 2.18 bits per heavy atom. The van der Waals surface area contributed by atoms with Crippen molar-refractivity contribution in [3.8, 4) is 12.3 Å². The predicted octanol–water partition coefficient (Wildman–Crippen LogP) is 3.77. The Labute approximate surface area is 106 Å². The molecule has 2 heteroatoms. The second kappa shape index (κ2) is 4.22. The van der Waals surface area contributed by atoms with Crippen LogP contribution in [-0.2, 0) is 5.54 Å². The molecule has 2 rings (SSSR count). The van der Waals surface area contributed by atoms with E-state index in [2.05, 4.69) is 39.7 Å². The smallest absolute Gasteiger partial charge is 0.111 e. The summed E-state index contributed by atoms with van der Waals surface area (Å²) in [6.07, 6.45) is 9.41. The molecule has 1 fully saturated rings. The fraction of sp³-hybridized carbons (Fsp3) is 0.667. The minimum atomic E-state index is -0.0375. The van der Waals surface area contributed by atoms with Crippen LogP contribution < -0.4 is 0 Å². The normalized spacial score (nSPS) is 24.9. The lowest BCUT2D eigenvalue weighted by Gasteiger charge is -2.20. The maximum Gasteiger partial charge on any atom is 0.111 e. The van der Waals surface area contributed by atoms with E-state index in [9.17, 15) is 0 Å². The third kappa shape index (κ3) is 2.39. The standard InChI is InChI=1S/C15H22N2.H2/c1-6-13-10-14(12-8-7-11(2)9-12)16-17(13)15(3,4)5;/h1,10-12H,7-9H2,2-5H3;1H/t11-,12+;/m1./s1. The first kappa shape index (κ1) is 12.2. The van der Waals surface area contributed by atoms with Crippen molar-refractivity contribution in [2.45, 2.75) is 58.4 Å². The molecule has 1 aliphatic carbocycles. The molecule has 0 N–H and O–H groups in total. The van der Waals surface area contributed by atoms with E-state index in [0.717, 1.165) is 11.6 Å². The number of hydrogen-bond donors (Lipinski definition) is 0. The van der Waals surface area contributed by atoms with E-state index in [1.807, 2.05) is 4.68 Å². The molecule has 0 amide bonds. The maximum atomic E-state index is 5.58. The summed E-state index contributed by atoms with van der Waals surface area (Å²) in [6, 6.07) is 2.11. The van der Waals surface area contributed by atoms with Gasteiger partial charge in [0.1, 0.15) is 5.69 Å². The van der Waals surface area contributed by atoms with Crippen LogP contribution in [0.15, 0.2) is 6.07 Å². The van der Waals surface area contributed by atoms with E-state index in [1.165, 1.54) is 25.0 Å². The minimum absolute atomic E-state index is 0. The van der Waals surface area contributed by atoms with E-state index >= 15 is 0 Å². The molecule has 1 aromatic heterocycles. The molecule has 0 saturated heterocycles. The topological polar surface area (TPSA) is 17.8 Å². The van der Waals surface area contributed by atoms with Crippen molar-refractivity contribution in [3.63, 3.8) is 0 Å². The van der Waals surface area contributed by atoms with E-state index in [1.54, 1.807) is 0 Å². The largest absolute Gasteiger partial charge is 0.251 e. The van der Waals surface area contributed by atoms with Gasteiger partial charge < -0.3 is 0 Å². The van der Waals surface area contributed by atoms with Crippen molar-refractivity contribution < 1.29 is 1.43 Å². The van der Waals surface area contributed by atoms with Crippen molar-refractivity contribution >= 4 is 0 Å². The SMILES string of the molecule is C#Cc1cc([C@H]2CC[C@@H](C)C2)nn1C(C)(C)C.[HH]. The zero-order valence-electron chi connectivity index (χ0n) is 11.3. The lowest BCUT2D eigenvalue weighted by atomic mass is 10.0. The number of aromatic nitrogens is 2. The molecule has 0 bridgehead atoms. The summed E-state index contributed by atoms with van der Waals surface area (Å²) in [6.45, 7) is 8.74. The van der Waals surface area contributed by atoms with Gasteiger partial charge in [-0.2, -0.15) is 5.10 Å². The van der Waals surface area contributed by atoms with Crippen molar-refractivity contribution in [2.75, 3.05) is 0 Å². The van der Waals surface area contributed by atoms with Gasteiger partial charge in [-0.3, -0.25) is 4.68 Å².